The summed E-state index contributed by atoms with van der Waals surface area (Å²) in [6.07, 6.45) is 3.38. The lowest BCUT2D eigenvalue weighted by Gasteiger charge is -2.44. The second kappa shape index (κ2) is 23.7. The van der Waals surface area contributed by atoms with Crippen LogP contribution >= 0.6 is 0 Å². The van der Waals surface area contributed by atoms with Gasteiger partial charge in [0.15, 0.2) is 41.6 Å². The van der Waals surface area contributed by atoms with Gasteiger partial charge in [-0.3, -0.25) is 0 Å². The number of ether oxygens (including phenoxy) is 2. The van der Waals surface area contributed by atoms with Crippen molar-refractivity contribution in [2.24, 2.45) is 0 Å². The summed E-state index contributed by atoms with van der Waals surface area (Å²) in [5, 5.41) is 0. The first-order chi connectivity index (χ1) is 23.8. The van der Waals surface area contributed by atoms with Gasteiger partial charge in [0.25, 0.3) is 0 Å². The molecule has 0 aromatic heterocycles. The second-order valence-corrected chi connectivity index (χ2v) is 61.3. The molecule has 0 fully saturated rings. The molecule has 0 rings (SSSR count). The minimum Gasteiger partial charge on any atom is -0.456 e. The minimum absolute atomic E-state index is 0.638. The molecular weight excluding hydrogens is 849 g/mol. The van der Waals surface area contributed by atoms with Crippen molar-refractivity contribution in [3.05, 3.63) is 0 Å². The molecule has 0 spiro atoms. The summed E-state index contributed by atoms with van der Waals surface area (Å²) in [6, 6.07) is 4.10. The second-order valence-electron chi connectivity index (χ2n) is 20.6. The van der Waals surface area contributed by atoms with Gasteiger partial charge in [-0.2, -0.15) is 0 Å². The Morgan fingerprint density at radius 1 is 0.352 bits per heavy atom. The highest BCUT2D eigenvalue weighted by Crippen LogP contribution is 2.33. The van der Waals surface area contributed by atoms with E-state index in [1.807, 2.05) is 0 Å². The largest absolute Gasteiger partial charge is 0.456 e. The van der Waals surface area contributed by atoms with Crippen LogP contribution in [0.5, 0.6) is 0 Å². The first-order valence-electron chi connectivity index (χ1n) is 20.4. The molecule has 0 aliphatic carbocycles. The lowest BCUT2D eigenvalue weighted by Crippen LogP contribution is -2.60. The van der Waals surface area contributed by atoms with Crippen molar-refractivity contribution in [3.8, 4) is 0 Å². The molecule has 0 aromatic rings. The van der Waals surface area contributed by atoms with Crippen molar-refractivity contribution in [2.45, 2.75) is 188 Å². The van der Waals surface area contributed by atoms with Crippen molar-refractivity contribution in [2.75, 3.05) is 34.0 Å². The first kappa shape index (κ1) is 57.9. The van der Waals surface area contributed by atoms with Gasteiger partial charge in [0, 0.05) is 20.8 Å². The zero-order chi connectivity index (χ0) is 43.1. The molecule has 0 saturated heterocycles. The molecule has 0 aliphatic heterocycles. The van der Waals surface area contributed by atoms with E-state index in [0.29, 0.717) is 13.2 Å². The van der Waals surface area contributed by atoms with E-state index in [0.717, 1.165) is 31.2 Å². The third-order valence-corrected chi connectivity index (χ3v) is 43.2. The van der Waals surface area contributed by atoms with Crippen molar-refractivity contribution < 1.29 is 42.7 Å². The van der Waals surface area contributed by atoms with Crippen molar-refractivity contribution in [1.82, 2.24) is 0 Å². The highest BCUT2D eigenvalue weighted by Gasteiger charge is 2.49. The van der Waals surface area contributed by atoms with E-state index in [-0.39, 0.29) is 0 Å². The molecule has 2 unspecified atom stereocenters. The molecule has 54 heavy (non-hydrogen) atoms. The van der Waals surface area contributed by atoms with Crippen LogP contribution in [0.25, 0.3) is 0 Å². The van der Waals surface area contributed by atoms with Crippen molar-refractivity contribution in [3.63, 3.8) is 0 Å². The third kappa shape index (κ3) is 32.6. The molecule has 20 heteroatoms. The highest BCUT2D eigenvalue weighted by atomic mass is 28.5. The Bertz CT molecular complexity index is 1030. The van der Waals surface area contributed by atoms with E-state index >= 15 is 0 Å². The SMILES string of the molecule is CCCC[Si](C)(C)O[Si](C)(C)O[Si](C)(CC[Si](C)(C)O[Si](C)(C)C)O[Si](C)(C)O[Si](C)(C)C.COCCOCCC[Si](C)(OC)O[Si](C)(C)O[Si](C)(C)C. The van der Waals surface area contributed by atoms with Gasteiger partial charge in [-0.05, 0) is 168 Å². The predicted molar refractivity (Wildman–Crippen MR) is 257 cm³/mol. The van der Waals surface area contributed by atoms with Gasteiger partial charge in [-0.1, -0.05) is 19.8 Å². The fraction of sp³-hybridized carbons (Fsp3) is 1.00. The Kier molecular flexibility index (Phi) is 25.4. The Balaban J connectivity index is 0. The molecule has 0 aromatic carbocycles. The van der Waals surface area contributed by atoms with E-state index in [2.05, 4.69) is 144 Å². The molecule has 2 atom stereocenters. The third-order valence-electron chi connectivity index (χ3n) is 7.69. The zero-order valence-electron chi connectivity index (χ0n) is 40.2. The van der Waals surface area contributed by atoms with Crippen LogP contribution in [0.15, 0.2) is 0 Å². The molecule has 0 radical (unpaired) electrons. The first-order valence-corrected chi connectivity index (χ1v) is 50.3. The maximum absolute atomic E-state index is 7.03. The number of hydrogen-bond donors (Lipinski definition) is 0. The zero-order valence-corrected chi connectivity index (χ0v) is 50.2. The summed E-state index contributed by atoms with van der Waals surface area (Å²) < 4.78 is 62.9. The van der Waals surface area contributed by atoms with Gasteiger partial charge in [0.05, 0.1) is 13.2 Å². The Morgan fingerprint density at radius 3 is 1.15 bits per heavy atom. The smallest absolute Gasteiger partial charge is 0.325 e. The quantitative estimate of drug-likeness (QED) is 0.0558. The molecule has 328 valence electrons. The van der Waals surface area contributed by atoms with Crippen LogP contribution < -0.4 is 0 Å². The number of methoxy groups -OCH3 is 1. The van der Waals surface area contributed by atoms with Crippen LogP contribution in [-0.2, 0) is 42.7 Å². The molecule has 0 saturated carbocycles. The summed E-state index contributed by atoms with van der Waals surface area (Å²) in [5.74, 6) is 0. The molecular formula is C34H92O10Si10. The Morgan fingerprint density at radius 2 is 0.759 bits per heavy atom. The summed E-state index contributed by atoms with van der Waals surface area (Å²) in [6.45, 7) is 51.2. The maximum atomic E-state index is 7.03. The molecule has 10 nitrogen and oxygen atoms in total. The summed E-state index contributed by atoms with van der Waals surface area (Å²) in [4.78, 5) is 0. The molecule has 0 aliphatic rings. The molecule has 0 bridgehead atoms. The van der Waals surface area contributed by atoms with Crippen LogP contribution in [0.1, 0.15) is 26.2 Å². The summed E-state index contributed by atoms with van der Waals surface area (Å²) in [7, 11) is -16.6. The summed E-state index contributed by atoms with van der Waals surface area (Å²) in [5.41, 5.74) is 0. The lowest BCUT2D eigenvalue weighted by atomic mass is 10.4. The van der Waals surface area contributed by atoms with E-state index in [9.17, 15) is 0 Å². The fourth-order valence-corrected chi connectivity index (χ4v) is 54.1. The van der Waals surface area contributed by atoms with Gasteiger partial charge in [-0.15, -0.1) is 0 Å². The fourth-order valence-electron chi connectivity index (χ4n) is 6.88. The predicted octanol–water partition coefficient (Wildman–Crippen LogP) is 11.8. The van der Waals surface area contributed by atoms with Gasteiger partial charge in [0.1, 0.15) is 0 Å². The van der Waals surface area contributed by atoms with Crippen molar-refractivity contribution >= 4 is 84.4 Å². The van der Waals surface area contributed by atoms with Crippen LogP contribution in [0.4, 0.5) is 0 Å². The number of unbranched alkanes of at least 4 members (excludes halogenated alkanes) is 1. The Labute approximate surface area is 347 Å². The number of hydrogen-bond acceptors (Lipinski definition) is 10. The van der Waals surface area contributed by atoms with E-state index < -0.39 is 84.4 Å². The Hall–Kier alpha value is 1.77. The normalized spacial score (nSPS) is 16.4. The van der Waals surface area contributed by atoms with E-state index in [4.69, 9.17) is 42.7 Å². The molecule has 0 amide bonds. The average Bonchev–Trinajstić information content (AvgIpc) is 2.87. The molecule has 0 heterocycles. The minimum atomic E-state index is -2.55. The van der Waals surface area contributed by atoms with Crippen LogP contribution in [0.3, 0.4) is 0 Å². The van der Waals surface area contributed by atoms with E-state index in [1.165, 1.54) is 18.9 Å². The topological polar surface area (TPSA) is 92.3 Å². The van der Waals surface area contributed by atoms with Gasteiger partial charge >= 0.3 is 42.8 Å². The van der Waals surface area contributed by atoms with Crippen molar-refractivity contribution in [1.29, 1.82) is 0 Å². The monoisotopic (exact) mass is 940 g/mol. The standard InChI is InChI=1S/C21H58O5Si7.C13H34O5Si3/c1-17-18-19-29(8,9)24-32(14,15)26-33(16,25-31(12,13)23-28(5,6)7)21-20-30(10,11)22-27(2,3)4;1-14-11-12-16-10-9-13-21(8,15-2)18-20(6,7)17-19(3,4)5/h17-21H2,1-16H3;9-13H2,1-8H3. The van der Waals surface area contributed by atoms with Crippen LogP contribution in [-0.4, -0.2) is 118 Å². The van der Waals surface area contributed by atoms with E-state index in [1.54, 1.807) is 14.2 Å². The number of rotatable bonds is 28. The maximum Gasteiger partial charge on any atom is 0.325 e. The molecule has 0 N–H and O–H groups in total. The van der Waals surface area contributed by atoms with Crippen LogP contribution in [0, 0.1) is 0 Å². The van der Waals surface area contributed by atoms with Gasteiger partial charge in [-0.25, -0.2) is 0 Å². The van der Waals surface area contributed by atoms with Gasteiger partial charge in [0.2, 0.25) is 0 Å². The van der Waals surface area contributed by atoms with Crippen LogP contribution in [0.2, 0.25) is 162 Å². The summed E-state index contributed by atoms with van der Waals surface area (Å²) >= 11 is 0. The average molecular weight is 942 g/mol. The van der Waals surface area contributed by atoms with Gasteiger partial charge < -0.3 is 42.7 Å². The lowest BCUT2D eigenvalue weighted by molar-refractivity contribution is 0.0701. The highest BCUT2D eigenvalue weighted by molar-refractivity contribution is 6.92.